The van der Waals surface area contributed by atoms with Gasteiger partial charge < -0.3 is 9.87 Å². The normalized spacial score (nSPS) is 32.8. The second-order valence-electron chi connectivity index (χ2n) is 3.98. The van der Waals surface area contributed by atoms with Crippen molar-refractivity contribution in [3.63, 3.8) is 0 Å². The molecule has 3 heteroatoms. The lowest BCUT2D eigenvalue weighted by Crippen LogP contribution is -2.38. The van der Waals surface area contributed by atoms with Gasteiger partial charge in [0.15, 0.2) is 0 Å². The molecular weight excluding hydrogens is 182 g/mol. The van der Waals surface area contributed by atoms with E-state index in [1.807, 2.05) is 0 Å². The monoisotopic (exact) mass is 203 g/mol. The zero-order chi connectivity index (χ0) is 9.52. The number of rotatable bonds is 0. The molecule has 1 aliphatic carbocycles. The highest BCUT2D eigenvalue weighted by Crippen LogP contribution is 2.33. The molecule has 0 aromatic heterocycles. The second-order valence-corrected chi connectivity index (χ2v) is 4.35. The molecule has 2 unspecified atom stereocenters. The third-order valence-corrected chi connectivity index (χ3v) is 3.16. The molecule has 2 nitrogen and oxygen atoms in total. The molecule has 0 radical (unpaired) electrons. The van der Waals surface area contributed by atoms with Crippen molar-refractivity contribution in [1.82, 2.24) is 5.32 Å². The van der Waals surface area contributed by atoms with Crippen molar-refractivity contribution in [3.8, 4) is 0 Å². The van der Waals surface area contributed by atoms with E-state index in [0.717, 1.165) is 23.9 Å². The summed E-state index contributed by atoms with van der Waals surface area (Å²) in [5.74, 6) is 2.14. The van der Waals surface area contributed by atoms with Crippen LogP contribution in [-0.2, 0) is 0 Å². The highest BCUT2D eigenvalue weighted by molar-refractivity contribution is 7.93. The van der Waals surface area contributed by atoms with E-state index in [0.29, 0.717) is 0 Å². The summed E-state index contributed by atoms with van der Waals surface area (Å²) in [6, 6.07) is 0. The van der Waals surface area contributed by atoms with Gasteiger partial charge in [0.25, 0.3) is 0 Å². The van der Waals surface area contributed by atoms with Crippen LogP contribution in [0.5, 0.6) is 0 Å². The maximum Gasteiger partial charge on any atom is 0.00795 e. The van der Waals surface area contributed by atoms with Crippen LogP contribution in [-0.4, -0.2) is 23.9 Å². The third kappa shape index (κ3) is 3.88. The SMILES string of the molecule is C1CCC2CNCCC2C1.CSO. The van der Waals surface area contributed by atoms with Gasteiger partial charge in [0, 0.05) is 6.26 Å². The molecule has 1 saturated heterocycles. The van der Waals surface area contributed by atoms with E-state index in [2.05, 4.69) is 5.32 Å². The van der Waals surface area contributed by atoms with Crippen LogP contribution in [0.15, 0.2) is 0 Å². The Hall–Kier alpha value is 0.270. The molecule has 2 atom stereocenters. The Morgan fingerprint density at radius 2 is 1.77 bits per heavy atom. The predicted octanol–water partition coefficient (Wildman–Crippen LogP) is 2.61. The summed E-state index contributed by atoms with van der Waals surface area (Å²) in [5, 5.41) is 3.48. The van der Waals surface area contributed by atoms with E-state index < -0.39 is 0 Å². The van der Waals surface area contributed by atoms with Crippen LogP contribution in [0, 0.1) is 11.8 Å². The van der Waals surface area contributed by atoms with Crippen molar-refractivity contribution in [2.75, 3.05) is 19.3 Å². The maximum absolute atomic E-state index is 7.49. The van der Waals surface area contributed by atoms with Crippen LogP contribution < -0.4 is 5.32 Å². The summed E-state index contributed by atoms with van der Waals surface area (Å²) in [6.45, 7) is 2.59. The first-order valence-corrected chi connectivity index (χ1v) is 6.45. The van der Waals surface area contributed by atoms with Crippen LogP contribution in [0.4, 0.5) is 0 Å². The summed E-state index contributed by atoms with van der Waals surface area (Å²) in [7, 11) is 0. The summed E-state index contributed by atoms with van der Waals surface area (Å²) in [6.07, 6.45) is 9.05. The third-order valence-electron chi connectivity index (χ3n) is 3.16. The fourth-order valence-corrected chi connectivity index (χ4v) is 2.51. The van der Waals surface area contributed by atoms with E-state index >= 15 is 0 Å². The van der Waals surface area contributed by atoms with Gasteiger partial charge in [0.05, 0.1) is 0 Å². The van der Waals surface area contributed by atoms with E-state index in [-0.39, 0.29) is 0 Å². The molecule has 13 heavy (non-hydrogen) atoms. The standard InChI is InChI=1S/C9H17N.CH4OS/c1-2-4-9-7-10-6-5-8(9)3-1;1-3-2/h8-10H,1-7H2;2H,1H3. The topological polar surface area (TPSA) is 32.3 Å². The van der Waals surface area contributed by atoms with Crippen LogP contribution in [0.25, 0.3) is 0 Å². The zero-order valence-electron chi connectivity index (χ0n) is 8.46. The molecule has 1 aliphatic heterocycles. The molecule has 1 saturated carbocycles. The van der Waals surface area contributed by atoms with Crippen LogP contribution in [0.1, 0.15) is 32.1 Å². The molecule has 0 aromatic carbocycles. The lowest BCUT2D eigenvalue weighted by molar-refractivity contribution is 0.185. The van der Waals surface area contributed by atoms with E-state index in [4.69, 9.17) is 4.55 Å². The van der Waals surface area contributed by atoms with Gasteiger partial charge in [-0.3, -0.25) is 0 Å². The van der Waals surface area contributed by atoms with Gasteiger partial charge in [-0.05, 0) is 49.8 Å². The molecule has 0 aromatic rings. The molecule has 1 heterocycles. The number of hydrogen-bond acceptors (Lipinski definition) is 3. The Bertz CT molecular complexity index is 106. The second kappa shape index (κ2) is 6.68. The van der Waals surface area contributed by atoms with Gasteiger partial charge in [-0.2, -0.15) is 0 Å². The Morgan fingerprint density at radius 3 is 2.38 bits per heavy atom. The van der Waals surface area contributed by atoms with Crippen molar-refractivity contribution < 1.29 is 4.55 Å². The molecule has 2 rings (SSSR count). The zero-order valence-corrected chi connectivity index (χ0v) is 9.28. The van der Waals surface area contributed by atoms with Crippen molar-refractivity contribution >= 4 is 12.0 Å². The van der Waals surface area contributed by atoms with Gasteiger partial charge >= 0.3 is 0 Å². The Balaban J connectivity index is 0.000000251. The number of nitrogens with one attached hydrogen (secondary N) is 1. The Labute approximate surface area is 85.7 Å². The van der Waals surface area contributed by atoms with E-state index in [1.165, 1.54) is 45.2 Å². The summed E-state index contributed by atoms with van der Waals surface area (Å²) >= 11 is 0.750. The first-order chi connectivity index (χ1) is 6.38. The van der Waals surface area contributed by atoms with Gasteiger partial charge in [0.1, 0.15) is 0 Å². The molecular formula is C10H21NOS. The van der Waals surface area contributed by atoms with Gasteiger partial charge in [-0.25, -0.2) is 0 Å². The number of fused-ring (bicyclic) bond motifs is 1. The van der Waals surface area contributed by atoms with Crippen molar-refractivity contribution in [3.05, 3.63) is 0 Å². The summed E-state index contributed by atoms with van der Waals surface area (Å²) in [5.41, 5.74) is 0. The quantitative estimate of drug-likeness (QED) is 0.594. The molecule has 0 bridgehead atoms. The van der Waals surface area contributed by atoms with Crippen molar-refractivity contribution in [2.24, 2.45) is 11.8 Å². The van der Waals surface area contributed by atoms with Gasteiger partial charge in [-0.15, -0.1) is 0 Å². The number of piperidine rings is 1. The fraction of sp³-hybridized carbons (Fsp3) is 1.00. The lowest BCUT2D eigenvalue weighted by Gasteiger charge is -2.35. The molecule has 0 amide bonds. The lowest BCUT2D eigenvalue weighted by atomic mass is 9.76. The molecule has 0 spiro atoms. The van der Waals surface area contributed by atoms with Crippen molar-refractivity contribution in [2.45, 2.75) is 32.1 Å². The predicted molar refractivity (Wildman–Crippen MR) is 59.1 cm³/mol. The largest absolute Gasteiger partial charge is 0.330 e. The van der Waals surface area contributed by atoms with E-state index in [1.54, 1.807) is 6.26 Å². The average Bonchev–Trinajstić information content (AvgIpc) is 2.19. The molecule has 2 N–H and O–H groups in total. The molecule has 78 valence electrons. The highest BCUT2D eigenvalue weighted by atomic mass is 32.2. The minimum atomic E-state index is 0.750. The minimum Gasteiger partial charge on any atom is -0.330 e. The number of hydrogen-bond donors (Lipinski definition) is 2. The van der Waals surface area contributed by atoms with Gasteiger partial charge in [-0.1, -0.05) is 19.3 Å². The molecule has 2 aliphatic rings. The van der Waals surface area contributed by atoms with Crippen LogP contribution >= 0.6 is 12.0 Å². The first kappa shape index (κ1) is 11.3. The highest BCUT2D eigenvalue weighted by Gasteiger charge is 2.26. The van der Waals surface area contributed by atoms with E-state index in [9.17, 15) is 0 Å². The minimum absolute atomic E-state index is 0.750. The van der Waals surface area contributed by atoms with Crippen LogP contribution in [0.3, 0.4) is 0 Å². The smallest absolute Gasteiger partial charge is 0.00795 e. The first-order valence-electron chi connectivity index (χ1n) is 5.26. The summed E-state index contributed by atoms with van der Waals surface area (Å²) in [4.78, 5) is 0. The average molecular weight is 203 g/mol. The maximum atomic E-state index is 7.49. The van der Waals surface area contributed by atoms with Crippen LogP contribution in [0.2, 0.25) is 0 Å². The molecule has 2 fully saturated rings. The fourth-order valence-electron chi connectivity index (χ4n) is 2.51. The summed E-state index contributed by atoms with van der Waals surface area (Å²) < 4.78 is 7.49. The Morgan fingerprint density at radius 1 is 1.15 bits per heavy atom. The van der Waals surface area contributed by atoms with Gasteiger partial charge in [0.2, 0.25) is 0 Å². The Kier molecular flexibility index (Phi) is 5.83. The van der Waals surface area contributed by atoms with Crippen molar-refractivity contribution in [1.29, 1.82) is 0 Å².